The van der Waals surface area contributed by atoms with Crippen LogP contribution in [0.5, 0.6) is 0 Å². The van der Waals surface area contributed by atoms with E-state index in [1.807, 2.05) is 38.2 Å². The first-order chi connectivity index (χ1) is 16.2. The number of unbranched alkanes of at least 4 members (excludes halogenated alkanes) is 1. The summed E-state index contributed by atoms with van der Waals surface area (Å²) in [4.78, 5) is 4.78. The Bertz CT molecular complexity index is 1430. The average Bonchev–Trinajstić information content (AvgIpc) is 3.16. The van der Waals surface area contributed by atoms with Crippen LogP contribution < -0.4 is 15.5 Å². The number of anilines is 1. The summed E-state index contributed by atoms with van der Waals surface area (Å²) in [6.45, 7) is 0.899. The fourth-order valence-corrected chi connectivity index (χ4v) is 5.48. The minimum Gasteiger partial charge on any atom is -0.370 e. The van der Waals surface area contributed by atoms with Crippen LogP contribution >= 0.6 is 34.8 Å². The Kier molecular flexibility index (Phi) is 7.69. The number of aromatic nitrogens is 3. The zero-order valence-corrected chi connectivity index (χ0v) is 21.3. The van der Waals surface area contributed by atoms with Gasteiger partial charge < -0.3 is 5.32 Å². The number of nitrogens with zero attached hydrogens (tertiary/aromatic N) is 3. The van der Waals surface area contributed by atoms with E-state index in [-0.39, 0.29) is 21.5 Å². The van der Waals surface area contributed by atoms with Gasteiger partial charge in [0, 0.05) is 46.0 Å². The van der Waals surface area contributed by atoms with Crippen LogP contribution in [0.15, 0.2) is 59.6 Å². The van der Waals surface area contributed by atoms with Crippen LogP contribution in [0.25, 0.3) is 16.9 Å². The highest BCUT2D eigenvalue weighted by atomic mass is 35.5. The standard InChI is InChI=1S/C22H21BCl3N5O2S/c23-18-13-28-31-21(12-20(30-22(18)31)17-5-1-2-6-19(17)26)27-7-3-4-8-29-34(32,33)16-10-14(24)9-15(25)11-16/h1-2,5-6,9-13,27,29H,3-4,7-8,23H2. The highest BCUT2D eigenvalue weighted by Crippen LogP contribution is 2.28. The summed E-state index contributed by atoms with van der Waals surface area (Å²) >= 11 is 18.2. The van der Waals surface area contributed by atoms with Crippen LogP contribution in [-0.2, 0) is 10.0 Å². The Morgan fingerprint density at radius 1 is 0.971 bits per heavy atom. The van der Waals surface area contributed by atoms with Crippen molar-refractivity contribution < 1.29 is 8.42 Å². The molecule has 0 saturated carbocycles. The van der Waals surface area contributed by atoms with Crippen LogP contribution in [0.4, 0.5) is 5.82 Å². The number of hydrogen-bond donors (Lipinski definition) is 2. The Balaban J connectivity index is 1.39. The van der Waals surface area contributed by atoms with Gasteiger partial charge in [0.25, 0.3) is 0 Å². The molecule has 176 valence electrons. The predicted molar refractivity (Wildman–Crippen MR) is 141 cm³/mol. The Labute approximate surface area is 213 Å². The summed E-state index contributed by atoms with van der Waals surface area (Å²) in [5.74, 6) is 0.780. The van der Waals surface area contributed by atoms with Crippen molar-refractivity contribution in [2.24, 2.45) is 0 Å². The molecule has 12 heteroatoms. The van der Waals surface area contributed by atoms with Gasteiger partial charge in [-0.2, -0.15) is 9.61 Å². The van der Waals surface area contributed by atoms with Gasteiger partial charge in [-0.1, -0.05) is 53.0 Å². The highest BCUT2D eigenvalue weighted by Gasteiger charge is 2.15. The third-order valence-corrected chi connectivity index (χ3v) is 7.35. The van der Waals surface area contributed by atoms with Crippen LogP contribution in [0.1, 0.15) is 12.8 Å². The molecule has 0 aliphatic carbocycles. The molecule has 0 spiro atoms. The number of benzene rings is 2. The molecule has 0 aliphatic heterocycles. The molecule has 4 aromatic rings. The average molecular weight is 537 g/mol. The van der Waals surface area contributed by atoms with Crippen LogP contribution in [0, 0.1) is 0 Å². The monoisotopic (exact) mass is 535 g/mol. The first kappa shape index (κ1) is 24.8. The van der Waals surface area contributed by atoms with Gasteiger partial charge in [-0.05, 0) is 42.6 Å². The number of fused-ring (bicyclic) bond motifs is 1. The maximum atomic E-state index is 12.5. The van der Waals surface area contributed by atoms with Gasteiger partial charge in [-0.15, -0.1) is 0 Å². The maximum Gasteiger partial charge on any atom is 0.240 e. The van der Waals surface area contributed by atoms with E-state index >= 15 is 0 Å². The summed E-state index contributed by atoms with van der Waals surface area (Å²) in [5, 5.41) is 8.96. The van der Waals surface area contributed by atoms with Gasteiger partial charge in [0.2, 0.25) is 10.0 Å². The molecule has 0 bridgehead atoms. The van der Waals surface area contributed by atoms with Gasteiger partial charge in [0.15, 0.2) is 5.65 Å². The van der Waals surface area contributed by atoms with Crippen LogP contribution in [0.2, 0.25) is 15.1 Å². The van der Waals surface area contributed by atoms with Crippen molar-refractivity contribution in [3.63, 3.8) is 0 Å². The quantitative estimate of drug-likeness (QED) is 0.251. The second kappa shape index (κ2) is 10.5. The van der Waals surface area contributed by atoms with Crippen LogP contribution in [0.3, 0.4) is 0 Å². The fourth-order valence-electron chi connectivity index (χ4n) is 3.45. The molecule has 34 heavy (non-hydrogen) atoms. The van der Waals surface area contributed by atoms with Gasteiger partial charge in [-0.25, -0.2) is 18.1 Å². The molecule has 7 nitrogen and oxygen atoms in total. The largest absolute Gasteiger partial charge is 0.370 e. The van der Waals surface area contributed by atoms with Crippen molar-refractivity contribution in [2.45, 2.75) is 17.7 Å². The lowest BCUT2D eigenvalue weighted by Gasteiger charge is -2.12. The highest BCUT2D eigenvalue weighted by molar-refractivity contribution is 7.89. The molecule has 0 fully saturated rings. The fraction of sp³-hybridized carbons (Fsp3) is 0.182. The summed E-state index contributed by atoms with van der Waals surface area (Å²) < 4.78 is 29.3. The molecule has 0 radical (unpaired) electrons. The molecule has 2 aromatic heterocycles. The maximum absolute atomic E-state index is 12.5. The van der Waals surface area contributed by atoms with E-state index in [0.717, 1.165) is 34.6 Å². The third-order valence-electron chi connectivity index (χ3n) is 5.15. The first-order valence-corrected chi connectivity index (χ1v) is 13.2. The second-order valence-electron chi connectivity index (χ2n) is 7.71. The molecule has 0 unspecified atom stereocenters. The second-order valence-corrected chi connectivity index (χ2v) is 10.8. The molecule has 0 aliphatic rings. The molecule has 4 rings (SSSR count). The normalized spacial score (nSPS) is 11.7. The lowest BCUT2D eigenvalue weighted by molar-refractivity contribution is 0.577. The van der Waals surface area contributed by atoms with E-state index in [4.69, 9.17) is 39.8 Å². The van der Waals surface area contributed by atoms with E-state index in [9.17, 15) is 8.42 Å². The van der Waals surface area contributed by atoms with E-state index in [2.05, 4.69) is 15.1 Å². The number of hydrogen-bond acceptors (Lipinski definition) is 5. The van der Waals surface area contributed by atoms with Crippen molar-refractivity contribution in [3.05, 3.63) is 69.8 Å². The summed E-state index contributed by atoms with van der Waals surface area (Å²) in [6, 6.07) is 13.7. The van der Waals surface area contributed by atoms with Gasteiger partial charge in [0.05, 0.1) is 10.6 Å². The number of halogens is 3. The van der Waals surface area contributed by atoms with Crippen molar-refractivity contribution in [1.82, 2.24) is 19.3 Å². The minimum atomic E-state index is -3.69. The summed E-state index contributed by atoms with van der Waals surface area (Å²) in [5.41, 5.74) is 3.28. The molecule has 2 aromatic carbocycles. The predicted octanol–water partition coefficient (Wildman–Crippen LogP) is 3.79. The van der Waals surface area contributed by atoms with Crippen molar-refractivity contribution in [3.8, 4) is 11.3 Å². The molecule has 0 saturated heterocycles. The molecule has 0 atom stereocenters. The van der Waals surface area contributed by atoms with Crippen molar-refractivity contribution in [2.75, 3.05) is 18.4 Å². The zero-order chi connectivity index (χ0) is 24.3. The van der Waals surface area contributed by atoms with Crippen molar-refractivity contribution >= 4 is 69.6 Å². The summed E-state index contributed by atoms with van der Waals surface area (Å²) in [6.07, 6.45) is 3.12. The third kappa shape index (κ3) is 5.67. The topological polar surface area (TPSA) is 88.4 Å². The van der Waals surface area contributed by atoms with E-state index in [1.54, 1.807) is 10.7 Å². The SMILES string of the molecule is Bc1cnn2c(NCCCCNS(=O)(=O)c3cc(Cl)cc(Cl)c3)cc(-c3ccccc3Cl)nc12. The number of nitrogens with one attached hydrogen (secondary N) is 2. The summed E-state index contributed by atoms with van der Waals surface area (Å²) in [7, 11) is -1.73. The lowest BCUT2D eigenvalue weighted by Crippen LogP contribution is -2.25. The Hall–Kier alpha value is -2.30. The van der Waals surface area contributed by atoms with Gasteiger partial charge in [-0.3, -0.25) is 0 Å². The minimum absolute atomic E-state index is 0.0449. The van der Waals surface area contributed by atoms with E-state index in [1.165, 1.54) is 18.2 Å². The number of rotatable bonds is 9. The van der Waals surface area contributed by atoms with Gasteiger partial charge in [0.1, 0.15) is 13.7 Å². The zero-order valence-electron chi connectivity index (χ0n) is 18.2. The van der Waals surface area contributed by atoms with Gasteiger partial charge >= 0.3 is 0 Å². The molecular formula is C22H21BCl3N5O2S. The smallest absolute Gasteiger partial charge is 0.240 e. The van der Waals surface area contributed by atoms with Crippen molar-refractivity contribution in [1.29, 1.82) is 0 Å². The molecule has 2 heterocycles. The molecule has 0 amide bonds. The van der Waals surface area contributed by atoms with E-state index in [0.29, 0.717) is 18.0 Å². The molecular weight excluding hydrogens is 516 g/mol. The van der Waals surface area contributed by atoms with Crippen LogP contribution in [-0.4, -0.2) is 44.0 Å². The lowest BCUT2D eigenvalue weighted by atomic mass is 10.0. The first-order valence-electron chi connectivity index (χ1n) is 10.5. The Morgan fingerprint density at radius 2 is 1.68 bits per heavy atom. The van der Waals surface area contributed by atoms with E-state index < -0.39 is 10.0 Å². The molecule has 2 N–H and O–H groups in total. The Morgan fingerprint density at radius 3 is 2.41 bits per heavy atom. The number of sulfonamides is 1.